The highest BCUT2D eigenvalue weighted by Crippen LogP contribution is 2.24. The quantitative estimate of drug-likeness (QED) is 0.491. The summed E-state index contributed by atoms with van der Waals surface area (Å²) in [5.74, 6) is 0.289. The van der Waals surface area contributed by atoms with Crippen molar-refractivity contribution in [2.45, 2.75) is 20.4 Å². The molecular weight excluding hydrogens is 400 g/mol. The first-order valence-electron chi connectivity index (χ1n) is 9.63. The van der Waals surface area contributed by atoms with E-state index in [-0.39, 0.29) is 24.9 Å². The van der Waals surface area contributed by atoms with Gasteiger partial charge in [0, 0.05) is 17.4 Å². The van der Waals surface area contributed by atoms with Gasteiger partial charge >= 0.3 is 6.09 Å². The number of amides is 2. The summed E-state index contributed by atoms with van der Waals surface area (Å²) >= 11 is 0. The Balaban J connectivity index is 1.51. The number of imidazole rings is 1. The molecule has 0 unspecified atom stereocenters. The highest BCUT2D eigenvalue weighted by atomic mass is 16.5. The second kappa shape index (κ2) is 8.66. The van der Waals surface area contributed by atoms with Gasteiger partial charge in [0.05, 0.1) is 12.8 Å². The van der Waals surface area contributed by atoms with Crippen molar-refractivity contribution in [3.63, 3.8) is 0 Å². The minimum atomic E-state index is -0.560. The Morgan fingerprint density at radius 2 is 2.10 bits per heavy atom. The van der Waals surface area contributed by atoms with Gasteiger partial charge in [-0.25, -0.2) is 9.78 Å². The number of fused-ring (bicyclic) bond motifs is 1. The molecule has 4 rings (SSSR count). The molecule has 0 aliphatic rings. The van der Waals surface area contributed by atoms with Gasteiger partial charge in [0.1, 0.15) is 17.9 Å². The van der Waals surface area contributed by atoms with Crippen LogP contribution in [0.3, 0.4) is 0 Å². The maximum atomic E-state index is 12.8. The lowest BCUT2D eigenvalue weighted by Crippen LogP contribution is -2.23. The number of carbonyl (C=O) groups is 2. The first-order valence-corrected chi connectivity index (χ1v) is 9.63. The normalized spacial score (nSPS) is 10.8. The summed E-state index contributed by atoms with van der Waals surface area (Å²) in [7, 11) is 0. The second-order valence-electron chi connectivity index (χ2n) is 6.64. The lowest BCUT2D eigenvalue weighted by Gasteiger charge is -2.09. The molecule has 0 saturated heterocycles. The topological polar surface area (TPSA) is 124 Å². The molecule has 10 nitrogen and oxygen atoms in total. The van der Waals surface area contributed by atoms with E-state index in [1.165, 1.54) is 6.20 Å². The van der Waals surface area contributed by atoms with Crippen LogP contribution >= 0.6 is 0 Å². The van der Waals surface area contributed by atoms with Crippen molar-refractivity contribution in [3.8, 4) is 11.4 Å². The number of hydrogen-bond acceptors (Lipinski definition) is 7. The highest BCUT2D eigenvalue weighted by Gasteiger charge is 2.15. The molecule has 0 saturated carbocycles. The Morgan fingerprint density at radius 3 is 2.94 bits per heavy atom. The third-order valence-electron chi connectivity index (χ3n) is 4.52. The number of ether oxygens (including phenoxy) is 1. The van der Waals surface area contributed by atoms with Crippen LogP contribution in [0.2, 0.25) is 0 Å². The summed E-state index contributed by atoms with van der Waals surface area (Å²) in [6.07, 6.45) is 2.76. The summed E-state index contributed by atoms with van der Waals surface area (Å²) < 4.78 is 11.7. The molecule has 0 radical (unpaired) electrons. The summed E-state index contributed by atoms with van der Waals surface area (Å²) in [5, 5.41) is 9.38. The molecular formula is C21H20N6O4. The van der Waals surface area contributed by atoms with Gasteiger partial charge in [0.25, 0.3) is 5.91 Å². The van der Waals surface area contributed by atoms with Crippen LogP contribution in [0.5, 0.6) is 0 Å². The minimum Gasteiger partial charge on any atom is -0.450 e. The van der Waals surface area contributed by atoms with Crippen molar-refractivity contribution < 1.29 is 18.8 Å². The Hall–Kier alpha value is -4.21. The van der Waals surface area contributed by atoms with Gasteiger partial charge < -0.3 is 19.9 Å². The van der Waals surface area contributed by atoms with E-state index in [1.54, 1.807) is 23.6 Å². The van der Waals surface area contributed by atoms with Gasteiger partial charge in [0.15, 0.2) is 0 Å². The van der Waals surface area contributed by atoms with E-state index < -0.39 is 6.09 Å². The van der Waals surface area contributed by atoms with Gasteiger partial charge in [-0.1, -0.05) is 23.4 Å². The minimum absolute atomic E-state index is 0.0512. The van der Waals surface area contributed by atoms with Crippen molar-refractivity contribution in [2.24, 2.45) is 0 Å². The standard InChI is InChI=1S/C21H20N6O4/c1-3-30-21(29)23-12-18-25-19(26-31-18)14-8-7-13(2)15(10-14)24-20(28)16-11-22-17-6-4-5-9-27(16)17/h4-11H,3,12H2,1-2H3,(H,23,29)(H,24,28). The van der Waals surface area contributed by atoms with Crippen LogP contribution in [0.1, 0.15) is 28.9 Å². The van der Waals surface area contributed by atoms with Crippen molar-refractivity contribution >= 4 is 23.3 Å². The van der Waals surface area contributed by atoms with E-state index >= 15 is 0 Å². The molecule has 0 atom stereocenters. The van der Waals surface area contributed by atoms with Crippen LogP contribution in [0.15, 0.2) is 53.3 Å². The zero-order valence-corrected chi connectivity index (χ0v) is 17.0. The Bertz CT molecular complexity index is 1250. The third-order valence-corrected chi connectivity index (χ3v) is 4.52. The van der Waals surface area contributed by atoms with Gasteiger partial charge in [0.2, 0.25) is 11.7 Å². The number of aromatic nitrogens is 4. The fourth-order valence-electron chi connectivity index (χ4n) is 2.96. The lowest BCUT2D eigenvalue weighted by atomic mass is 10.1. The van der Waals surface area contributed by atoms with Crippen LogP contribution in [0.25, 0.3) is 17.0 Å². The smallest absolute Gasteiger partial charge is 0.407 e. The van der Waals surface area contributed by atoms with Gasteiger partial charge in [-0.3, -0.25) is 9.20 Å². The largest absolute Gasteiger partial charge is 0.450 e. The predicted molar refractivity (Wildman–Crippen MR) is 111 cm³/mol. The molecule has 0 fully saturated rings. The summed E-state index contributed by atoms with van der Waals surface area (Å²) in [4.78, 5) is 32.7. The molecule has 2 amide bonds. The van der Waals surface area contributed by atoms with Crippen LogP contribution in [-0.4, -0.2) is 38.1 Å². The fourth-order valence-corrected chi connectivity index (χ4v) is 2.96. The first kappa shape index (κ1) is 20.1. The van der Waals surface area contributed by atoms with E-state index in [1.807, 2.05) is 37.3 Å². The Morgan fingerprint density at radius 1 is 1.23 bits per heavy atom. The fraction of sp³-hybridized carbons (Fsp3) is 0.190. The van der Waals surface area contributed by atoms with Crippen molar-refractivity contribution in [2.75, 3.05) is 11.9 Å². The molecule has 3 heterocycles. The van der Waals surface area contributed by atoms with Gasteiger partial charge in [-0.15, -0.1) is 0 Å². The number of benzene rings is 1. The molecule has 10 heteroatoms. The number of pyridine rings is 1. The maximum absolute atomic E-state index is 12.8. The monoisotopic (exact) mass is 420 g/mol. The Labute approximate surface area is 177 Å². The van der Waals surface area contributed by atoms with E-state index in [4.69, 9.17) is 9.26 Å². The summed E-state index contributed by atoms with van der Waals surface area (Å²) in [6, 6.07) is 11.0. The number of nitrogens with zero attached hydrogens (tertiary/aromatic N) is 4. The lowest BCUT2D eigenvalue weighted by molar-refractivity contribution is 0.102. The van der Waals surface area contributed by atoms with Crippen molar-refractivity contribution in [3.05, 3.63) is 65.9 Å². The molecule has 0 aliphatic carbocycles. The first-order chi connectivity index (χ1) is 15.0. The molecule has 4 aromatic rings. The van der Waals surface area contributed by atoms with E-state index in [0.29, 0.717) is 28.4 Å². The van der Waals surface area contributed by atoms with Crippen molar-refractivity contribution in [1.29, 1.82) is 0 Å². The van der Waals surface area contributed by atoms with E-state index in [9.17, 15) is 9.59 Å². The number of rotatable bonds is 6. The third kappa shape index (κ3) is 4.37. The average molecular weight is 420 g/mol. The molecule has 0 spiro atoms. The zero-order valence-electron chi connectivity index (χ0n) is 17.0. The SMILES string of the molecule is CCOC(=O)NCc1nc(-c2ccc(C)c(NC(=O)c3cnc4ccccn34)c2)no1. The highest BCUT2D eigenvalue weighted by molar-refractivity contribution is 6.04. The molecule has 0 bridgehead atoms. The van der Waals surface area contributed by atoms with Crippen LogP contribution in [0, 0.1) is 6.92 Å². The van der Waals surface area contributed by atoms with Gasteiger partial charge in [-0.2, -0.15) is 4.98 Å². The molecule has 1 aromatic carbocycles. The number of anilines is 1. The van der Waals surface area contributed by atoms with Crippen molar-refractivity contribution in [1.82, 2.24) is 24.8 Å². The van der Waals surface area contributed by atoms with E-state index in [0.717, 1.165) is 5.56 Å². The number of nitrogens with one attached hydrogen (secondary N) is 2. The maximum Gasteiger partial charge on any atom is 0.407 e. The molecule has 3 aromatic heterocycles. The number of alkyl carbamates (subject to hydrolysis) is 1. The average Bonchev–Trinajstić information content (AvgIpc) is 3.41. The molecule has 0 aliphatic heterocycles. The number of aryl methyl sites for hydroxylation is 1. The molecule has 2 N–H and O–H groups in total. The molecule has 31 heavy (non-hydrogen) atoms. The van der Waals surface area contributed by atoms with Crippen LogP contribution in [0.4, 0.5) is 10.5 Å². The summed E-state index contributed by atoms with van der Waals surface area (Å²) in [6.45, 7) is 3.93. The number of hydrogen-bond donors (Lipinski definition) is 2. The Kier molecular flexibility index (Phi) is 5.61. The molecule has 158 valence electrons. The zero-order chi connectivity index (χ0) is 21.8. The predicted octanol–water partition coefficient (Wildman–Crippen LogP) is 3.19. The van der Waals surface area contributed by atoms with Crippen LogP contribution in [-0.2, 0) is 11.3 Å². The van der Waals surface area contributed by atoms with Gasteiger partial charge in [-0.05, 0) is 37.6 Å². The summed E-state index contributed by atoms with van der Waals surface area (Å²) in [5.41, 5.74) is 3.26. The van der Waals surface area contributed by atoms with E-state index in [2.05, 4.69) is 25.8 Å². The second-order valence-corrected chi connectivity index (χ2v) is 6.64. The van der Waals surface area contributed by atoms with Crippen LogP contribution < -0.4 is 10.6 Å². The number of carbonyl (C=O) groups excluding carboxylic acids is 2.